The van der Waals surface area contributed by atoms with E-state index in [0.29, 0.717) is 22.9 Å². The number of hydrogen-bond acceptors (Lipinski definition) is 6. The molecule has 1 amide bonds. The van der Waals surface area contributed by atoms with Gasteiger partial charge in [0.15, 0.2) is 0 Å². The third kappa shape index (κ3) is 4.63. The molecule has 192 valence electrons. The molecular formula is C26H25ClN4O5S. The molecule has 37 heavy (non-hydrogen) atoms. The van der Waals surface area contributed by atoms with Gasteiger partial charge in [0.05, 0.1) is 23.0 Å². The highest BCUT2D eigenvalue weighted by Gasteiger charge is 2.33. The number of halogens is 1. The zero-order chi connectivity index (χ0) is 26.2. The fourth-order valence-electron chi connectivity index (χ4n) is 4.61. The van der Waals surface area contributed by atoms with E-state index in [1.54, 1.807) is 30.3 Å². The Morgan fingerprint density at radius 1 is 1.08 bits per heavy atom. The van der Waals surface area contributed by atoms with Crippen molar-refractivity contribution in [2.24, 2.45) is 0 Å². The van der Waals surface area contributed by atoms with Crippen LogP contribution < -0.4 is 21.1 Å². The van der Waals surface area contributed by atoms with Crippen LogP contribution in [-0.4, -0.2) is 49.1 Å². The van der Waals surface area contributed by atoms with Crippen LogP contribution in [0.15, 0.2) is 82.5 Å². The number of benzene rings is 3. The van der Waals surface area contributed by atoms with E-state index in [4.69, 9.17) is 16.3 Å². The fraction of sp³-hybridized carbons (Fsp3) is 0.231. The Hall–Kier alpha value is -3.60. The summed E-state index contributed by atoms with van der Waals surface area (Å²) < 4.78 is 34.5. The lowest BCUT2D eigenvalue weighted by molar-refractivity contribution is -0.123. The van der Waals surface area contributed by atoms with E-state index in [0.717, 1.165) is 16.9 Å². The van der Waals surface area contributed by atoms with Crippen LogP contribution >= 0.6 is 11.6 Å². The number of rotatable bonds is 7. The zero-order valence-corrected chi connectivity index (χ0v) is 21.5. The van der Waals surface area contributed by atoms with Gasteiger partial charge in [-0.2, -0.15) is 3.97 Å². The van der Waals surface area contributed by atoms with E-state index in [2.05, 4.69) is 10.6 Å². The second-order valence-electron chi connectivity index (χ2n) is 8.74. The minimum atomic E-state index is -4.33. The summed E-state index contributed by atoms with van der Waals surface area (Å²) in [7, 11) is -2.86. The summed E-state index contributed by atoms with van der Waals surface area (Å²) in [6.45, 7) is 1.39. The zero-order valence-electron chi connectivity index (χ0n) is 19.9. The monoisotopic (exact) mass is 540 g/mol. The Labute approximate surface area is 218 Å². The van der Waals surface area contributed by atoms with Crippen molar-refractivity contribution in [1.29, 1.82) is 0 Å². The van der Waals surface area contributed by atoms with Crippen molar-refractivity contribution in [3.05, 3.63) is 93.9 Å². The summed E-state index contributed by atoms with van der Waals surface area (Å²) in [6.07, 6.45) is 0.752. The lowest BCUT2D eigenvalue weighted by Gasteiger charge is -2.21. The summed E-state index contributed by atoms with van der Waals surface area (Å²) in [5.41, 5.74) is 0.000167. The fourth-order valence-corrected chi connectivity index (χ4v) is 6.18. The van der Waals surface area contributed by atoms with Crippen LogP contribution in [0.2, 0.25) is 5.02 Å². The molecule has 0 aliphatic carbocycles. The Morgan fingerprint density at radius 3 is 2.46 bits per heavy atom. The molecule has 3 aromatic carbocycles. The first-order valence-electron chi connectivity index (χ1n) is 11.7. The number of ether oxygens (including phenoxy) is 1. The maximum absolute atomic E-state index is 14.0. The first kappa shape index (κ1) is 25.1. The molecule has 1 aromatic heterocycles. The van der Waals surface area contributed by atoms with E-state index in [1.807, 2.05) is 0 Å². The minimum Gasteiger partial charge on any atom is -0.497 e. The SMILES string of the molecule is COc1ccc(S(=O)(=O)n2c(=O)n(C(C(=O)N[C@@H]3CCNC3)c3ccccc3)c3cc(Cl)ccc32)cc1. The molecule has 2 heterocycles. The first-order valence-corrected chi connectivity index (χ1v) is 13.5. The number of nitrogens with zero attached hydrogens (tertiary/aromatic N) is 2. The second kappa shape index (κ2) is 10.0. The smallest absolute Gasteiger partial charge is 0.344 e. The number of imidazole rings is 1. The van der Waals surface area contributed by atoms with Crippen molar-refractivity contribution >= 4 is 38.6 Å². The van der Waals surface area contributed by atoms with Crippen LogP contribution in [0.4, 0.5) is 0 Å². The van der Waals surface area contributed by atoms with E-state index < -0.39 is 27.7 Å². The van der Waals surface area contributed by atoms with Crippen LogP contribution in [-0.2, 0) is 14.8 Å². The lowest BCUT2D eigenvalue weighted by Crippen LogP contribution is -2.44. The van der Waals surface area contributed by atoms with Crippen molar-refractivity contribution in [1.82, 2.24) is 19.2 Å². The molecule has 0 radical (unpaired) electrons. The molecule has 5 rings (SSSR count). The molecular weight excluding hydrogens is 516 g/mol. The molecule has 2 atom stereocenters. The predicted octanol–water partition coefficient (Wildman–Crippen LogP) is 2.77. The van der Waals surface area contributed by atoms with Crippen molar-refractivity contribution in [2.45, 2.75) is 23.4 Å². The minimum absolute atomic E-state index is 0.0952. The first-order chi connectivity index (χ1) is 17.8. The molecule has 0 bridgehead atoms. The molecule has 1 aliphatic rings. The number of nitrogens with one attached hydrogen (secondary N) is 2. The summed E-state index contributed by atoms with van der Waals surface area (Å²) in [6, 6.07) is 17.8. The van der Waals surface area contributed by atoms with Gasteiger partial charge in [0, 0.05) is 17.6 Å². The topological polar surface area (TPSA) is 111 Å². The summed E-state index contributed by atoms with van der Waals surface area (Å²) >= 11 is 6.29. The summed E-state index contributed by atoms with van der Waals surface area (Å²) in [5.74, 6) is 0.0607. The van der Waals surface area contributed by atoms with Crippen molar-refractivity contribution in [3.63, 3.8) is 0 Å². The average Bonchev–Trinajstić information content (AvgIpc) is 3.51. The molecule has 2 N–H and O–H groups in total. The molecule has 11 heteroatoms. The Kier molecular flexibility index (Phi) is 6.80. The van der Waals surface area contributed by atoms with Crippen LogP contribution in [0.5, 0.6) is 5.75 Å². The summed E-state index contributed by atoms with van der Waals surface area (Å²) in [5, 5.41) is 6.51. The van der Waals surface area contributed by atoms with Crippen LogP contribution in [0, 0.1) is 0 Å². The molecule has 9 nitrogen and oxygen atoms in total. The highest BCUT2D eigenvalue weighted by atomic mass is 35.5. The number of carbonyl (C=O) groups is 1. The van der Waals surface area contributed by atoms with Gasteiger partial charge in [-0.05, 0) is 61.0 Å². The maximum atomic E-state index is 14.0. The van der Waals surface area contributed by atoms with Gasteiger partial charge in [0.25, 0.3) is 10.0 Å². The van der Waals surface area contributed by atoms with Crippen molar-refractivity contribution < 1.29 is 17.9 Å². The molecule has 1 saturated heterocycles. The van der Waals surface area contributed by atoms with E-state index in [9.17, 15) is 18.0 Å². The van der Waals surface area contributed by atoms with Gasteiger partial charge in [0.2, 0.25) is 5.91 Å². The lowest BCUT2D eigenvalue weighted by atomic mass is 10.0. The van der Waals surface area contributed by atoms with Gasteiger partial charge in [-0.15, -0.1) is 0 Å². The highest BCUT2D eigenvalue weighted by molar-refractivity contribution is 7.90. The second-order valence-corrected chi connectivity index (χ2v) is 11.0. The highest BCUT2D eigenvalue weighted by Crippen LogP contribution is 2.28. The van der Waals surface area contributed by atoms with Gasteiger partial charge in [0.1, 0.15) is 11.8 Å². The van der Waals surface area contributed by atoms with Crippen molar-refractivity contribution in [2.75, 3.05) is 20.2 Å². The van der Waals surface area contributed by atoms with Crippen LogP contribution in [0.3, 0.4) is 0 Å². The molecule has 0 spiro atoms. The molecule has 0 saturated carbocycles. The summed E-state index contributed by atoms with van der Waals surface area (Å²) in [4.78, 5) is 27.6. The van der Waals surface area contributed by atoms with E-state index >= 15 is 0 Å². The molecule has 1 unspecified atom stereocenters. The number of aromatic nitrogens is 2. The third-order valence-electron chi connectivity index (χ3n) is 6.42. The molecule has 1 fully saturated rings. The number of methoxy groups -OCH3 is 1. The quantitative estimate of drug-likeness (QED) is 0.373. The van der Waals surface area contributed by atoms with Crippen LogP contribution in [0.25, 0.3) is 11.0 Å². The van der Waals surface area contributed by atoms with Crippen LogP contribution in [0.1, 0.15) is 18.0 Å². The number of fused-ring (bicyclic) bond motifs is 1. The van der Waals surface area contributed by atoms with Gasteiger partial charge in [-0.1, -0.05) is 41.9 Å². The molecule has 4 aromatic rings. The predicted molar refractivity (Wildman–Crippen MR) is 141 cm³/mol. The van der Waals surface area contributed by atoms with E-state index in [1.165, 1.54) is 54.1 Å². The van der Waals surface area contributed by atoms with Gasteiger partial charge in [-0.3, -0.25) is 9.36 Å². The number of carbonyl (C=O) groups excluding carboxylic acids is 1. The Bertz CT molecular complexity index is 1610. The van der Waals surface area contributed by atoms with Gasteiger partial charge >= 0.3 is 5.69 Å². The largest absolute Gasteiger partial charge is 0.497 e. The van der Waals surface area contributed by atoms with Crippen molar-refractivity contribution in [3.8, 4) is 5.75 Å². The Morgan fingerprint density at radius 2 is 1.81 bits per heavy atom. The van der Waals surface area contributed by atoms with Gasteiger partial charge in [-0.25, -0.2) is 13.2 Å². The average molecular weight is 541 g/mol. The number of amides is 1. The molecule has 1 aliphatic heterocycles. The third-order valence-corrected chi connectivity index (χ3v) is 8.36. The number of hydrogen-bond donors (Lipinski definition) is 2. The Balaban J connectivity index is 1.74. The maximum Gasteiger partial charge on any atom is 0.344 e. The standard InChI is InChI=1S/C26H25ClN4O5S/c1-36-20-8-10-21(11-9-20)37(34,35)31-22-12-7-18(27)15-23(22)30(26(31)33)24(17-5-3-2-4-6-17)25(32)29-19-13-14-28-16-19/h2-12,15,19,24,28H,13-14,16H2,1H3,(H,29,32)/t19-,24?/m1/s1. The van der Waals surface area contributed by atoms with E-state index in [-0.39, 0.29) is 22.0 Å². The van der Waals surface area contributed by atoms with Gasteiger partial charge < -0.3 is 15.4 Å². The normalized spacial score (nSPS) is 16.5.